The van der Waals surface area contributed by atoms with Gasteiger partial charge in [-0.3, -0.25) is 4.79 Å². The topological polar surface area (TPSA) is 59.2 Å². The molecule has 76 valence electrons. The Labute approximate surface area is 86.7 Å². The van der Waals surface area contributed by atoms with Gasteiger partial charge in [0.2, 0.25) is 5.91 Å². The van der Waals surface area contributed by atoms with E-state index in [4.69, 9.17) is 5.73 Å². The van der Waals surface area contributed by atoms with Crippen LogP contribution in [0.2, 0.25) is 0 Å². The van der Waals surface area contributed by atoms with Crippen LogP contribution in [0.15, 0.2) is 10.9 Å². The van der Waals surface area contributed by atoms with Crippen LogP contribution in [0.25, 0.3) is 0 Å². The quantitative estimate of drug-likeness (QED) is 0.779. The highest BCUT2D eigenvalue weighted by Crippen LogP contribution is 2.13. The summed E-state index contributed by atoms with van der Waals surface area (Å²) in [4.78, 5) is 17.6. The van der Waals surface area contributed by atoms with E-state index in [1.165, 1.54) is 0 Å². The van der Waals surface area contributed by atoms with Crippen LogP contribution in [-0.4, -0.2) is 28.4 Å². The molecule has 1 aliphatic rings. The van der Waals surface area contributed by atoms with Crippen LogP contribution in [0.3, 0.4) is 0 Å². The van der Waals surface area contributed by atoms with E-state index >= 15 is 0 Å². The standard InChI is InChI=1S/C9H13N3OS/c10-8-2-1-3-12(9(8)13)4-7-5-14-6-11-7/h5-6,8H,1-4,10H2. The first-order chi connectivity index (χ1) is 6.77. The maximum atomic E-state index is 11.6. The van der Waals surface area contributed by atoms with Gasteiger partial charge in [0.15, 0.2) is 0 Å². The number of likely N-dealkylation sites (tertiary alicyclic amines) is 1. The normalized spacial score (nSPS) is 22.8. The predicted octanol–water partition coefficient (Wildman–Crippen LogP) is 0.593. The van der Waals surface area contributed by atoms with Crippen molar-refractivity contribution >= 4 is 17.2 Å². The molecule has 2 N–H and O–H groups in total. The number of amides is 1. The molecule has 2 heterocycles. The molecule has 0 aromatic carbocycles. The zero-order chi connectivity index (χ0) is 9.97. The lowest BCUT2D eigenvalue weighted by Crippen LogP contribution is -2.47. The van der Waals surface area contributed by atoms with Gasteiger partial charge in [-0.2, -0.15) is 0 Å². The van der Waals surface area contributed by atoms with E-state index in [-0.39, 0.29) is 11.9 Å². The van der Waals surface area contributed by atoms with E-state index in [1.54, 1.807) is 21.7 Å². The summed E-state index contributed by atoms with van der Waals surface area (Å²) in [5.74, 6) is 0.0595. The first kappa shape index (κ1) is 9.61. The number of thiazole rings is 1. The Hall–Kier alpha value is -0.940. The van der Waals surface area contributed by atoms with Crippen molar-refractivity contribution in [1.82, 2.24) is 9.88 Å². The average Bonchev–Trinajstić information content (AvgIpc) is 2.66. The van der Waals surface area contributed by atoms with Crippen LogP contribution in [-0.2, 0) is 11.3 Å². The molecule has 4 nitrogen and oxygen atoms in total. The molecular weight excluding hydrogens is 198 g/mol. The van der Waals surface area contributed by atoms with Crippen molar-refractivity contribution in [2.24, 2.45) is 5.73 Å². The third kappa shape index (κ3) is 1.93. The molecule has 0 aliphatic carbocycles. The fourth-order valence-corrected chi connectivity index (χ4v) is 2.19. The Morgan fingerprint density at radius 3 is 3.29 bits per heavy atom. The van der Waals surface area contributed by atoms with Gasteiger partial charge in [-0.1, -0.05) is 0 Å². The van der Waals surface area contributed by atoms with Crippen molar-refractivity contribution in [3.63, 3.8) is 0 Å². The molecule has 1 aromatic rings. The molecule has 0 bridgehead atoms. The summed E-state index contributed by atoms with van der Waals surface area (Å²) in [5.41, 5.74) is 8.43. The molecule has 1 saturated heterocycles. The van der Waals surface area contributed by atoms with Crippen LogP contribution in [0, 0.1) is 0 Å². The SMILES string of the molecule is NC1CCCN(Cc2cscn2)C1=O. The van der Waals surface area contributed by atoms with Crippen molar-refractivity contribution in [3.8, 4) is 0 Å². The van der Waals surface area contributed by atoms with Gasteiger partial charge in [-0.25, -0.2) is 4.98 Å². The van der Waals surface area contributed by atoms with Crippen LogP contribution in [0.1, 0.15) is 18.5 Å². The third-order valence-electron chi connectivity index (χ3n) is 2.41. The third-order valence-corrected chi connectivity index (χ3v) is 3.04. The minimum Gasteiger partial charge on any atom is -0.335 e. The highest BCUT2D eigenvalue weighted by Gasteiger charge is 2.25. The lowest BCUT2D eigenvalue weighted by molar-refractivity contribution is -0.135. The van der Waals surface area contributed by atoms with Gasteiger partial charge in [-0.15, -0.1) is 11.3 Å². The largest absolute Gasteiger partial charge is 0.335 e. The van der Waals surface area contributed by atoms with E-state index in [0.717, 1.165) is 25.1 Å². The number of nitrogens with zero attached hydrogens (tertiary/aromatic N) is 2. The van der Waals surface area contributed by atoms with Gasteiger partial charge in [0.1, 0.15) is 0 Å². The lowest BCUT2D eigenvalue weighted by Gasteiger charge is -2.29. The minimum atomic E-state index is -0.303. The number of rotatable bonds is 2. The van der Waals surface area contributed by atoms with Gasteiger partial charge in [0.25, 0.3) is 0 Å². The molecule has 2 rings (SSSR count). The first-order valence-corrected chi connectivity index (χ1v) is 5.63. The minimum absolute atomic E-state index is 0.0595. The summed E-state index contributed by atoms with van der Waals surface area (Å²) < 4.78 is 0. The first-order valence-electron chi connectivity index (χ1n) is 4.69. The summed E-state index contributed by atoms with van der Waals surface area (Å²) in [6.07, 6.45) is 1.81. The van der Waals surface area contributed by atoms with Crippen LogP contribution >= 0.6 is 11.3 Å². The molecule has 1 atom stereocenters. The maximum Gasteiger partial charge on any atom is 0.239 e. The molecule has 1 fully saturated rings. The molecule has 14 heavy (non-hydrogen) atoms. The molecule has 1 amide bonds. The van der Waals surface area contributed by atoms with Gasteiger partial charge in [0, 0.05) is 11.9 Å². The molecule has 0 saturated carbocycles. The summed E-state index contributed by atoms with van der Waals surface area (Å²) in [6, 6.07) is -0.303. The molecule has 0 radical (unpaired) electrons. The highest BCUT2D eigenvalue weighted by atomic mass is 32.1. The zero-order valence-corrected chi connectivity index (χ0v) is 8.67. The van der Waals surface area contributed by atoms with Crippen LogP contribution in [0.5, 0.6) is 0 Å². The summed E-state index contributed by atoms with van der Waals surface area (Å²) in [5, 5.41) is 1.97. The van der Waals surface area contributed by atoms with E-state index in [2.05, 4.69) is 4.98 Å². The maximum absolute atomic E-state index is 11.6. The summed E-state index contributed by atoms with van der Waals surface area (Å²) >= 11 is 1.55. The van der Waals surface area contributed by atoms with E-state index < -0.39 is 0 Å². The Kier molecular flexibility index (Phi) is 2.79. The second-order valence-corrected chi connectivity index (χ2v) is 4.21. The molecule has 0 spiro atoms. The van der Waals surface area contributed by atoms with Crippen molar-refractivity contribution in [1.29, 1.82) is 0 Å². The Balaban J connectivity index is 2.00. The summed E-state index contributed by atoms with van der Waals surface area (Å²) in [6.45, 7) is 1.42. The number of nitrogens with two attached hydrogens (primary N) is 1. The van der Waals surface area contributed by atoms with Crippen molar-refractivity contribution < 1.29 is 4.79 Å². The molecule has 1 unspecified atom stereocenters. The predicted molar refractivity (Wildman–Crippen MR) is 54.7 cm³/mol. The van der Waals surface area contributed by atoms with E-state index in [0.29, 0.717) is 6.54 Å². The monoisotopic (exact) mass is 211 g/mol. The average molecular weight is 211 g/mol. The van der Waals surface area contributed by atoms with Crippen molar-refractivity contribution in [2.45, 2.75) is 25.4 Å². The number of aromatic nitrogens is 1. The van der Waals surface area contributed by atoms with Crippen LogP contribution < -0.4 is 5.73 Å². The number of carbonyl (C=O) groups is 1. The molecule has 1 aromatic heterocycles. The number of hydrogen-bond donors (Lipinski definition) is 1. The second kappa shape index (κ2) is 4.06. The Bertz CT molecular complexity index is 312. The van der Waals surface area contributed by atoms with E-state index in [9.17, 15) is 4.79 Å². The van der Waals surface area contributed by atoms with Crippen molar-refractivity contribution in [2.75, 3.05) is 6.54 Å². The fourth-order valence-electron chi connectivity index (χ4n) is 1.64. The molecular formula is C9H13N3OS. The Morgan fingerprint density at radius 1 is 1.71 bits per heavy atom. The zero-order valence-electron chi connectivity index (χ0n) is 7.85. The van der Waals surface area contributed by atoms with Gasteiger partial charge >= 0.3 is 0 Å². The van der Waals surface area contributed by atoms with E-state index in [1.807, 2.05) is 5.38 Å². The lowest BCUT2D eigenvalue weighted by atomic mass is 10.1. The van der Waals surface area contributed by atoms with Gasteiger partial charge in [0.05, 0.1) is 23.8 Å². The van der Waals surface area contributed by atoms with Gasteiger partial charge in [-0.05, 0) is 12.8 Å². The highest BCUT2D eigenvalue weighted by molar-refractivity contribution is 7.07. The second-order valence-electron chi connectivity index (χ2n) is 3.49. The molecule has 1 aliphatic heterocycles. The number of piperidine rings is 1. The van der Waals surface area contributed by atoms with Crippen molar-refractivity contribution in [3.05, 3.63) is 16.6 Å². The number of carbonyl (C=O) groups excluding carboxylic acids is 1. The Morgan fingerprint density at radius 2 is 2.57 bits per heavy atom. The summed E-state index contributed by atoms with van der Waals surface area (Å²) in [7, 11) is 0. The van der Waals surface area contributed by atoms with Crippen LogP contribution in [0.4, 0.5) is 0 Å². The van der Waals surface area contributed by atoms with Gasteiger partial charge < -0.3 is 10.6 Å². The molecule has 5 heteroatoms. The fraction of sp³-hybridized carbons (Fsp3) is 0.556. The number of hydrogen-bond acceptors (Lipinski definition) is 4. The smallest absolute Gasteiger partial charge is 0.239 e.